The fourth-order valence-corrected chi connectivity index (χ4v) is 2.91. The van der Waals surface area contributed by atoms with E-state index in [0.29, 0.717) is 10.6 Å². The van der Waals surface area contributed by atoms with Gasteiger partial charge in [0.05, 0.1) is 10.6 Å². The third kappa shape index (κ3) is 3.49. The molecule has 0 saturated carbocycles. The minimum absolute atomic E-state index is 0.469. The number of rotatable bonds is 4. The average Bonchev–Trinajstić information content (AvgIpc) is 2.62. The molecular weight excluding hydrogens is 326 g/mol. The van der Waals surface area contributed by atoms with Gasteiger partial charge in [-0.1, -0.05) is 11.6 Å². The Morgan fingerprint density at radius 3 is 2.67 bits per heavy atom. The third-order valence-corrected chi connectivity index (χ3v) is 4.09. The minimum atomic E-state index is 0.469. The van der Waals surface area contributed by atoms with E-state index in [9.17, 15) is 0 Å². The molecule has 1 N–H and O–H groups in total. The highest BCUT2D eigenvalue weighted by atomic mass is 35.5. The summed E-state index contributed by atoms with van der Waals surface area (Å²) in [5, 5.41) is 12.6. The lowest BCUT2D eigenvalue weighted by Crippen LogP contribution is -2.47. The summed E-state index contributed by atoms with van der Waals surface area (Å²) >= 11 is 6.25. The van der Waals surface area contributed by atoms with E-state index < -0.39 is 0 Å². The van der Waals surface area contributed by atoms with Crippen LogP contribution >= 0.6 is 11.6 Å². The number of hydrogen-bond donors (Lipinski definition) is 1. The number of pyridine rings is 1. The van der Waals surface area contributed by atoms with Crippen LogP contribution in [0.3, 0.4) is 0 Å². The van der Waals surface area contributed by atoms with Crippen LogP contribution < -0.4 is 15.1 Å². The fourth-order valence-electron chi connectivity index (χ4n) is 2.62. The zero-order valence-electron chi connectivity index (χ0n) is 13.4. The topological polar surface area (TPSA) is 81.0 Å². The molecule has 7 nitrogen and oxygen atoms in total. The van der Waals surface area contributed by atoms with Crippen molar-refractivity contribution < 1.29 is 0 Å². The van der Waals surface area contributed by atoms with Crippen molar-refractivity contribution in [1.82, 2.24) is 15.0 Å². The first-order chi connectivity index (χ1) is 11.7. The van der Waals surface area contributed by atoms with Gasteiger partial charge in [-0.25, -0.2) is 9.97 Å². The van der Waals surface area contributed by atoms with Crippen LogP contribution in [0.15, 0.2) is 24.5 Å². The van der Waals surface area contributed by atoms with Crippen molar-refractivity contribution in [3.05, 3.63) is 35.1 Å². The van der Waals surface area contributed by atoms with E-state index in [4.69, 9.17) is 16.9 Å². The maximum Gasteiger partial charge on any atom is 0.227 e. The molecule has 1 aliphatic rings. The van der Waals surface area contributed by atoms with Crippen LogP contribution in [0, 0.1) is 11.3 Å². The predicted octanol–water partition coefficient (Wildman–Crippen LogP) is 2.16. The molecule has 3 rings (SSSR count). The standard InChI is InChI=1S/C16H18ClN7/c1-2-19-14-3-4-20-16(22-14)24-7-5-23(6-8-24)15-13(17)9-12(10-18)11-21-15/h3-4,9,11H,2,5-8H2,1H3,(H,19,20,22). The van der Waals surface area contributed by atoms with Crippen LogP contribution in [0.2, 0.25) is 5.02 Å². The molecule has 3 heterocycles. The number of nitrogens with one attached hydrogen (secondary N) is 1. The summed E-state index contributed by atoms with van der Waals surface area (Å²) in [6.07, 6.45) is 3.32. The molecule has 124 valence electrons. The highest BCUT2D eigenvalue weighted by Gasteiger charge is 2.21. The molecule has 0 radical (unpaired) electrons. The Morgan fingerprint density at radius 1 is 1.25 bits per heavy atom. The van der Waals surface area contributed by atoms with Crippen LogP contribution in [0.25, 0.3) is 0 Å². The maximum atomic E-state index is 8.90. The predicted molar refractivity (Wildman–Crippen MR) is 94.6 cm³/mol. The third-order valence-electron chi connectivity index (χ3n) is 3.81. The van der Waals surface area contributed by atoms with Gasteiger partial charge in [0.1, 0.15) is 17.7 Å². The van der Waals surface area contributed by atoms with E-state index in [1.807, 2.05) is 19.1 Å². The molecule has 0 amide bonds. The average molecular weight is 344 g/mol. The van der Waals surface area contributed by atoms with Crippen molar-refractivity contribution in [1.29, 1.82) is 5.26 Å². The van der Waals surface area contributed by atoms with Crippen LogP contribution in [0.1, 0.15) is 12.5 Å². The van der Waals surface area contributed by atoms with E-state index in [-0.39, 0.29) is 0 Å². The maximum absolute atomic E-state index is 8.90. The van der Waals surface area contributed by atoms with Gasteiger partial charge in [0, 0.05) is 45.1 Å². The van der Waals surface area contributed by atoms with Gasteiger partial charge < -0.3 is 15.1 Å². The molecule has 1 saturated heterocycles. The number of anilines is 3. The van der Waals surface area contributed by atoms with Crippen LogP contribution in [-0.4, -0.2) is 47.7 Å². The number of halogens is 1. The van der Waals surface area contributed by atoms with Crippen LogP contribution in [0.4, 0.5) is 17.6 Å². The molecule has 2 aromatic rings. The molecule has 8 heteroatoms. The van der Waals surface area contributed by atoms with E-state index >= 15 is 0 Å². The Labute approximate surface area is 145 Å². The number of nitrogens with zero attached hydrogens (tertiary/aromatic N) is 6. The van der Waals surface area contributed by atoms with Crippen molar-refractivity contribution in [2.75, 3.05) is 47.8 Å². The Balaban J connectivity index is 1.68. The van der Waals surface area contributed by atoms with Gasteiger partial charge in [0.25, 0.3) is 0 Å². The van der Waals surface area contributed by atoms with Crippen molar-refractivity contribution in [3.63, 3.8) is 0 Å². The van der Waals surface area contributed by atoms with Gasteiger partial charge in [-0.2, -0.15) is 10.2 Å². The SMILES string of the molecule is CCNc1ccnc(N2CCN(c3ncc(C#N)cc3Cl)CC2)n1. The second-order valence-corrected chi connectivity index (χ2v) is 5.79. The highest BCUT2D eigenvalue weighted by molar-refractivity contribution is 6.33. The van der Waals surface area contributed by atoms with Crippen molar-refractivity contribution in [2.45, 2.75) is 6.92 Å². The molecule has 0 spiro atoms. The van der Waals surface area contributed by atoms with E-state index in [1.54, 1.807) is 18.5 Å². The lowest BCUT2D eigenvalue weighted by Gasteiger charge is -2.35. The molecule has 0 aromatic carbocycles. The summed E-state index contributed by atoms with van der Waals surface area (Å²) in [5.41, 5.74) is 0.469. The summed E-state index contributed by atoms with van der Waals surface area (Å²) in [4.78, 5) is 17.5. The lowest BCUT2D eigenvalue weighted by atomic mass is 10.2. The Bertz CT molecular complexity index is 750. The Hall–Kier alpha value is -2.59. The summed E-state index contributed by atoms with van der Waals surface area (Å²) < 4.78 is 0. The molecular formula is C16H18ClN7. The first kappa shape index (κ1) is 16.3. The van der Waals surface area contributed by atoms with Gasteiger partial charge in [0.2, 0.25) is 5.95 Å². The molecule has 2 aromatic heterocycles. The first-order valence-corrected chi connectivity index (χ1v) is 8.21. The van der Waals surface area contributed by atoms with Crippen LogP contribution in [-0.2, 0) is 0 Å². The zero-order valence-corrected chi connectivity index (χ0v) is 14.2. The highest BCUT2D eigenvalue weighted by Crippen LogP contribution is 2.25. The lowest BCUT2D eigenvalue weighted by molar-refractivity contribution is 0.635. The van der Waals surface area contributed by atoms with Crippen molar-refractivity contribution in [2.24, 2.45) is 0 Å². The van der Waals surface area contributed by atoms with E-state index in [1.165, 1.54) is 0 Å². The molecule has 24 heavy (non-hydrogen) atoms. The zero-order chi connectivity index (χ0) is 16.9. The van der Waals surface area contributed by atoms with E-state index in [2.05, 4.69) is 30.1 Å². The summed E-state index contributed by atoms with van der Waals surface area (Å²) in [7, 11) is 0. The van der Waals surface area contributed by atoms with Gasteiger partial charge in [-0.15, -0.1) is 0 Å². The number of hydrogen-bond acceptors (Lipinski definition) is 7. The molecule has 0 atom stereocenters. The Morgan fingerprint density at radius 2 is 2.00 bits per heavy atom. The van der Waals surface area contributed by atoms with E-state index in [0.717, 1.165) is 50.3 Å². The number of nitriles is 1. The number of aromatic nitrogens is 3. The quantitative estimate of drug-likeness (QED) is 0.910. The first-order valence-electron chi connectivity index (χ1n) is 7.83. The molecule has 0 aliphatic carbocycles. The molecule has 0 unspecified atom stereocenters. The summed E-state index contributed by atoms with van der Waals surface area (Å²) in [5.74, 6) is 2.28. The van der Waals surface area contributed by atoms with Crippen LogP contribution in [0.5, 0.6) is 0 Å². The monoisotopic (exact) mass is 343 g/mol. The molecule has 0 bridgehead atoms. The number of piperazine rings is 1. The smallest absolute Gasteiger partial charge is 0.227 e. The molecule has 1 aliphatic heterocycles. The second kappa shape index (κ2) is 7.32. The van der Waals surface area contributed by atoms with Crippen molar-refractivity contribution >= 4 is 29.2 Å². The second-order valence-electron chi connectivity index (χ2n) is 5.39. The Kier molecular flexibility index (Phi) is 4.96. The summed E-state index contributed by atoms with van der Waals surface area (Å²) in [6, 6.07) is 5.56. The van der Waals surface area contributed by atoms with Gasteiger partial charge in [-0.05, 0) is 19.1 Å². The van der Waals surface area contributed by atoms with Gasteiger partial charge in [-0.3, -0.25) is 0 Å². The summed E-state index contributed by atoms with van der Waals surface area (Å²) in [6.45, 7) is 5.98. The molecule has 1 fully saturated rings. The fraction of sp³-hybridized carbons (Fsp3) is 0.375. The largest absolute Gasteiger partial charge is 0.370 e. The normalized spacial score (nSPS) is 14.4. The van der Waals surface area contributed by atoms with Gasteiger partial charge in [0.15, 0.2) is 0 Å². The van der Waals surface area contributed by atoms with Gasteiger partial charge >= 0.3 is 0 Å². The van der Waals surface area contributed by atoms with Crippen molar-refractivity contribution in [3.8, 4) is 6.07 Å². The minimum Gasteiger partial charge on any atom is -0.370 e.